The molecule has 0 radical (unpaired) electrons. The Morgan fingerprint density at radius 3 is 2.29 bits per heavy atom. The van der Waals surface area contributed by atoms with E-state index in [2.05, 4.69) is 17.6 Å². The maximum Gasteiger partial charge on any atom is 0.0157 e. The van der Waals surface area contributed by atoms with E-state index in [4.69, 9.17) is 0 Å². The Bertz CT molecular complexity index is 70.2. The Kier molecular flexibility index (Phi) is 3.90. The lowest BCUT2D eigenvalue weighted by molar-refractivity contribution is 1.74. The van der Waals surface area contributed by atoms with E-state index in [-0.39, 0.29) is 7.43 Å². The first kappa shape index (κ1) is 6.83. The second-order valence-electron chi connectivity index (χ2n) is 1.09. The van der Waals surface area contributed by atoms with Crippen molar-refractivity contribution in [2.75, 3.05) is 5.75 Å². The van der Waals surface area contributed by atoms with Crippen LogP contribution in [0.5, 0.6) is 0 Å². The molecule has 0 bridgehead atoms. The molecule has 0 unspecified atom stereocenters. The lowest BCUT2D eigenvalue weighted by Gasteiger charge is -1.88. The Hall–Kier alpha value is -0.170. The van der Waals surface area contributed by atoms with E-state index in [1.165, 1.54) is 0 Å². The third kappa shape index (κ3) is 2.52. The first-order valence-corrected chi connectivity index (χ1v) is 2.98. The molecule has 0 N–H and O–H groups in total. The minimum Gasteiger partial charge on any atom is -0.130 e. The second-order valence-corrected chi connectivity index (χ2v) is 2.03. The molecular formula is C6H10S. The molecule has 0 spiro atoms. The molecule has 1 heterocycles. The molecule has 0 saturated carbocycles. The van der Waals surface area contributed by atoms with E-state index in [0.717, 1.165) is 5.75 Å². The molecule has 1 rings (SSSR count). The normalized spacial score (nSPS) is 16.0. The van der Waals surface area contributed by atoms with Crippen molar-refractivity contribution in [3.63, 3.8) is 0 Å². The number of thioether (sulfide) groups is 1. The molecule has 1 aliphatic heterocycles. The summed E-state index contributed by atoms with van der Waals surface area (Å²) in [5, 5.41) is 2.10. The van der Waals surface area contributed by atoms with Gasteiger partial charge in [-0.25, -0.2) is 0 Å². The largest absolute Gasteiger partial charge is 0.130 e. The third-order valence-electron chi connectivity index (χ3n) is 0.614. The van der Waals surface area contributed by atoms with Crippen molar-refractivity contribution in [1.82, 2.24) is 0 Å². The van der Waals surface area contributed by atoms with Gasteiger partial charge < -0.3 is 0 Å². The first-order valence-electron chi connectivity index (χ1n) is 1.93. The summed E-state index contributed by atoms with van der Waals surface area (Å²) < 4.78 is 0. The summed E-state index contributed by atoms with van der Waals surface area (Å²) in [6, 6.07) is 0. The number of rotatable bonds is 0. The number of hydrogen-bond acceptors (Lipinski definition) is 1. The lowest BCUT2D eigenvalue weighted by atomic mass is 10.5. The summed E-state index contributed by atoms with van der Waals surface area (Å²) in [4.78, 5) is 0. The molecule has 1 aliphatic rings. The molecule has 0 aromatic carbocycles. The highest BCUT2D eigenvalue weighted by molar-refractivity contribution is 8.02. The fourth-order valence-electron chi connectivity index (χ4n) is 0.346. The van der Waals surface area contributed by atoms with Crippen molar-refractivity contribution in [2.24, 2.45) is 0 Å². The molecule has 40 valence electrons. The van der Waals surface area contributed by atoms with Gasteiger partial charge in [0, 0.05) is 5.75 Å². The monoisotopic (exact) mass is 114 g/mol. The number of hydrogen-bond donors (Lipinski definition) is 0. The van der Waals surface area contributed by atoms with Crippen molar-refractivity contribution in [3.05, 3.63) is 23.6 Å². The van der Waals surface area contributed by atoms with E-state index in [9.17, 15) is 0 Å². The molecule has 0 nitrogen and oxygen atoms in total. The van der Waals surface area contributed by atoms with Gasteiger partial charge in [0.25, 0.3) is 0 Å². The minimum absolute atomic E-state index is 0. The molecule has 0 aromatic rings. The molecular weight excluding hydrogens is 104 g/mol. The zero-order valence-electron chi connectivity index (χ0n) is 3.42. The fourth-order valence-corrected chi connectivity index (χ4v) is 0.881. The topological polar surface area (TPSA) is 0 Å². The Morgan fingerprint density at radius 2 is 2.14 bits per heavy atom. The summed E-state index contributed by atoms with van der Waals surface area (Å²) in [6.45, 7) is 0. The Labute approximate surface area is 49.3 Å². The van der Waals surface area contributed by atoms with E-state index in [1.807, 2.05) is 17.8 Å². The van der Waals surface area contributed by atoms with Crippen molar-refractivity contribution >= 4 is 11.8 Å². The Morgan fingerprint density at radius 1 is 1.29 bits per heavy atom. The van der Waals surface area contributed by atoms with E-state index in [1.54, 1.807) is 0 Å². The molecule has 7 heavy (non-hydrogen) atoms. The van der Waals surface area contributed by atoms with Crippen LogP contribution in [-0.2, 0) is 0 Å². The van der Waals surface area contributed by atoms with Gasteiger partial charge >= 0.3 is 0 Å². The van der Waals surface area contributed by atoms with Crippen molar-refractivity contribution in [2.45, 2.75) is 7.43 Å². The van der Waals surface area contributed by atoms with E-state index >= 15 is 0 Å². The maximum absolute atomic E-state index is 2.14. The molecule has 1 heteroatoms. The second kappa shape index (κ2) is 4.00. The van der Waals surface area contributed by atoms with Crippen LogP contribution < -0.4 is 0 Å². The van der Waals surface area contributed by atoms with Crippen LogP contribution >= 0.6 is 11.8 Å². The van der Waals surface area contributed by atoms with Crippen LogP contribution in [0, 0.1) is 0 Å². The third-order valence-corrected chi connectivity index (χ3v) is 1.35. The first-order chi connectivity index (χ1) is 3.00. The minimum atomic E-state index is 0. The summed E-state index contributed by atoms with van der Waals surface area (Å²) in [5.74, 6) is 1.15. The average Bonchev–Trinajstić information content (AvgIpc) is 1.72. The quantitative estimate of drug-likeness (QED) is 0.466. The maximum atomic E-state index is 2.14. The highest BCUT2D eigenvalue weighted by Gasteiger charge is 1.77. The zero-order chi connectivity index (χ0) is 4.24. The van der Waals surface area contributed by atoms with Gasteiger partial charge in [0.05, 0.1) is 0 Å². The van der Waals surface area contributed by atoms with Crippen LogP contribution in [0.2, 0.25) is 0 Å². The molecule has 0 fully saturated rings. The van der Waals surface area contributed by atoms with Gasteiger partial charge in [-0.1, -0.05) is 25.7 Å². The zero-order valence-corrected chi connectivity index (χ0v) is 4.24. The smallest absolute Gasteiger partial charge is 0.0157 e. The van der Waals surface area contributed by atoms with Crippen LogP contribution in [0.3, 0.4) is 0 Å². The summed E-state index contributed by atoms with van der Waals surface area (Å²) in [5.41, 5.74) is 0. The fraction of sp³-hybridized carbons (Fsp3) is 0.333. The molecule has 0 amide bonds. The van der Waals surface area contributed by atoms with Crippen LogP contribution in [0.25, 0.3) is 0 Å². The summed E-state index contributed by atoms with van der Waals surface area (Å²) in [7, 11) is 0. The average molecular weight is 114 g/mol. The predicted molar refractivity (Wildman–Crippen MR) is 37.5 cm³/mol. The van der Waals surface area contributed by atoms with Gasteiger partial charge in [0.15, 0.2) is 0 Å². The molecule has 0 aliphatic carbocycles. The van der Waals surface area contributed by atoms with Gasteiger partial charge in [0.2, 0.25) is 0 Å². The highest BCUT2D eigenvalue weighted by atomic mass is 32.2. The van der Waals surface area contributed by atoms with Crippen molar-refractivity contribution in [1.29, 1.82) is 0 Å². The van der Waals surface area contributed by atoms with Gasteiger partial charge in [0.1, 0.15) is 0 Å². The van der Waals surface area contributed by atoms with E-state index < -0.39 is 0 Å². The highest BCUT2D eigenvalue weighted by Crippen LogP contribution is 2.05. The van der Waals surface area contributed by atoms with Crippen LogP contribution in [-0.4, -0.2) is 5.75 Å². The SMILES string of the molecule is C.C1=CCSC=C1. The number of allylic oxidation sites excluding steroid dienone is 2. The van der Waals surface area contributed by atoms with Crippen molar-refractivity contribution in [3.8, 4) is 0 Å². The van der Waals surface area contributed by atoms with Crippen molar-refractivity contribution < 1.29 is 0 Å². The lowest BCUT2D eigenvalue weighted by Crippen LogP contribution is -1.67. The van der Waals surface area contributed by atoms with Gasteiger partial charge in [-0.3, -0.25) is 0 Å². The summed E-state index contributed by atoms with van der Waals surface area (Å²) in [6.07, 6.45) is 6.26. The van der Waals surface area contributed by atoms with Gasteiger partial charge in [-0.05, 0) is 5.41 Å². The van der Waals surface area contributed by atoms with Gasteiger partial charge in [-0.2, -0.15) is 0 Å². The van der Waals surface area contributed by atoms with Gasteiger partial charge in [-0.15, -0.1) is 11.8 Å². The molecule has 0 atom stereocenters. The molecule has 0 aromatic heterocycles. The van der Waals surface area contributed by atoms with Crippen LogP contribution in [0.15, 0.2) is 23.6 Å². The molecule has 0 saturated heterocycles. The predicted octanol–water partition coefficient (Wildman–Crippen LogP) is 2.44. The van der Waals surface area contributed by atoms with Crippen LogP contribution in [0.1, 0.15) is 7.43 Å². The standard InChI is InChI=1S/C5H6S.CH4/c1-2-4-6-5-3-1;/h1-4H,5H2;1H4. The van der Waals surface area contributed by atoms with E-state index in [0.29, 0.717) is 0 Å². The summed E-state index contributed by atoms with van der Waals surface area (Å²) >= 11 is 1.83. The Balaban J connectivity index is 0.000000360. The van der Waals surface area contributed by atoms with Crippen LogP contribution in [0.4, 0.5) is 0 Å².